The first-order valence-electron chi connectivity index (χ1n) is 41.4. The lowest BCUT2D eigenvalue weighted by Gasteiger charge is -2.19. The van der Waals surface area contributed by atoms with Crippen molar-refractivity contribution in [2.24, 2.45) is 0 Å². The lowest BCUT2D eigenvalue weighted by molar-refractivity contribution is -0.155. The second-order valence-electron chi connectivity index (χ2n) is 30.4. The molecule has 0 saturated heterocycles. The van der Waals surface area contributed by atoms with E-state index >= 15 is 0 Å². The summed E-state index contributed by atoms with van der Waals surface area (Å²) in [6, 6.07) is 57.9. The van der Waals surface area contributed by atoms with Crippen LogP contribution in [-0.2, 0) is 33.4 Å². The summed E-state index contributed by atoms with van der Waals surface area (Å²) in [5, 5.41) is 34.3. The molecule has 12 N–H and O–H groups in total. The average molecular weight is 1820 g/mol. The highest BCUT2D eigenvalue weighted by molar-refractivity contribution is 6.08. The zero-order valence-electron chi connectivity index (χ0n) is 74.3. The third-order valence-corrected chi connectivity index (χ3v) is 17.1. The van der Waals surface area contributed by atoms with Crippen LogP contribution in [0.1, 0.15) is 84.5 Å². The van der Waals surface area contributed by atoms with E-state index in [-0.39, 0.29) is 76.5 Å². The number of anilines is 19. The Morgan fingerprint density at radius 2 is 0.707 bits per heavy atom. The van der Waals surface area contributed by atoms with Gasteiger partial charge in [-0.1, -0.05) is 68.8 Å². The summed E-state index contributed by atoms with van der Waals surface area (Å²) in [5.74, 6) is -1.06. The molecule has 0 saturated carbocycles. The van der Waals surface area contributed by atoms with Crippen LogP contribution >= 0.6 is 0 Å². The average Bonchev–Trinajstić information content (AvgIpc) is 0.847. The van der Waals surface area contributed by atoms with Crippen LogP contribution in [0.3, 0.4) is 0 Å². The second-order valence-corrected chi connectivity index (χ2v) is 30.4. The Bertz CT molecular complexity index is 5960. The maximum Gasteiger partial charge on any atom is 0.407 e. The molecule has 0 aliphatic heterocycles. The number of para-hydroxylation sites is 1. The van der Waals surface area contributed by atoms with E-state index in [1.54, 1.807) is 205 Å². The second kappa shape index (κ2) is 50.8. The molecular formula is C97H102F4N20O12. The zero-order valence-corrected chi connectivity index (χ0v) is 74.3. The standard InChI is InChI=1S/C28H32FN5O4.C27H31FN6O4.C22H22FN5O3.C20H17FN4O/c1-5-24(35)31-20-9-8-10-21(17-20)32-26-23(29)18-30-27(34-26)33-19-12-14-22(15-13-19)37-16-7-6-11-25(36)38-28(2,3)4;1-5-23(35)31-18-9-6-10-19(15-18)32-24-22(28)17-30-25(34-24)33-20-11-7-12-21(16-20)37-14-8-13-29-26(36)38-27(2,3)4;1-3-20(29)25-16-5-4-6-17(13-16)26-21-19(23)14-24-22(28-21)27-15-7-9-18(10-8-15)31-12-11-30-2;1-13(2)18(26)14-8-10-16(11-9-14)23-19-17(21)12-22-20(25-19)24-15-6-4-3-5-7-15/h5,8-10,12-15,17-18H,1,6-7,11,16H2,2-4H3,(H,31,35)(H2,30,32,33,34);5-7,9-12,15-17H,1,8,13-14H2,2-4H3,(H,29,36)(H,31,35)(H2,30,32,33,34);3-10,13-14H,1,11-12H2,2H3,(H,25,29)(H2,24,26,27,28);3-12H,1H2,2H3,(H2,22,23,24,25). The van der Waals surface area contributed by atoms with E-state index in [1.165, 1.54) is 6.08 Å². The van der Waals surface area contributed by atoms with Crippen LogP contribution in [0.4, 0.5) is 132 Å². The summed E-state index contributed by atoms with van der Waals surface area (Å²) in [4.78, 5) is 103. The summed E-state index contributed by atoms with van der Waals surface area (Å²) in [5.41, 5.74) is 6.59. The van der Waals surface area contributed by atoms with Crippen LogP contribution in [0, 0.1) is 23.3 Å². The van der Waals surface area contributed by atoms with Gasteiger partial charge in [0.2, 0.25) is 41.5 Å². The smallest absolute Gasteiger partial charge is 0.407 e. The van der Waals surface area contributed by atoms with Crippen LogP contribution < -0.4 is 78.0 Å². The normalized spacial score (nSPS) is 10.6. The molecule has 0 spiro atoms. The van der Waals surface area contributed by atoms with Crippen molar-refractivity contribution in [1.82, 2.24) is 45.2 Å². The molecule has 12 rings (SSSR count). The van der Waals surface area contributed by atoms with E-state index in [9.17, 15) is 46.3 Å². The van der Waals surface area contributed by atoms with Gasteiger partial charge in [-0.15, -0.1) is 0 Å². The molecule has 4 aromatic heterocycles. The molecule has 0 aliphatic carbocycles. The number of halogens is 4. The number of nitrogens with zero attached hydrogens (tertiary/aromatic N) is 8. The highest BCUT2D eigenvalue weighted by Gasteiger charge is 2.20. The third-order valence-electron chi connectivity index (χ3n) is 17.1. The molecule has 0 atom stereocenters. The highest BCUT2D eigenvalue weighted by Crippen LogP contribution is 2.31. The number of Topliss-reactive ketones (excluding diaryl/α,β-unsaturated/α-hetero) is 1. The van der Waals surface area contributed by atoms with Crippen LogP contribution in [-0.4, -0.2) is 127 Å². The summed E-state index contributed by atoms with van der Waals surface area (Å²) >= 11 is 0. The van der Waals surface area contributed by atoms with Gasteiger partial charge in [-0.2, -0.15) is 19.9 Å². The molecule has 4 heterocycles. The zero-order chi connectivity index (χ0) is 95.7. The summed E-state index contributed by atoms with van der Waals surface area (Å²) < 4.78 is 89.5. The van der Waals surface area contributed by atoms with E-state index in [4.69, 9.17) is 28.4 Å². The van der Waals surface area contributed by atoms with Gasteiger partial charge in [0, 0.05) is 94.3 Å². The van der Waals surface area contributed by atoms with Crippen molar-refractivity contribution < 1.29 is 74.8 Å². The number of unbranched alkanes of at least 4 members (excludes halogenated alkanes) is 1. The molecule has 36 heteroatoms. The van der Waals surface area contributed by atoms with Gasteiger partial charge in [0.25, 0.3) is 0 Å². The minimum absolute atomic E-state index is 0.00998. The Morgan fingerprint density at radius 3 is 1.11 bits per heavy atom. The number of nitrogens with one attached hydrogen (secondary N) is 12. The number of ether oxygens (including phenoxy) is 6. The first-order chi connectivity index (χ1) is 63.8. The number of ketones is 1. The largest absolute Gasteiger partial charge is 0.494 e. The first-order valence-corrected chi connectivity index (χ1v) is 41.4. The van der Waals surface area contributed by atoms with Gasteiger partial charge in [0.1, 0.15) is 35.1 Å². The SMILES string of the molecule is C=C(C)C(=O)c1ccc(Nc2nc(Nc3ccccc3)ncc2F)cc1.C=CC(=O)Nc1cccc(Nc2nc(Nc3ccc(OCCCCC(=O)OC(C)(C)C)cc3)ncc2F)c1.C=CC(=O)Nc1cccc(Nc2nc(Nc3ccc(OCCOC)cc3)ncc2F)c1.C=CC(=O)Nc1cccc(Nc2nc(Nc3cccc(OCCCNC(=O)OC(C)(C)C)c3)ncc2F)c1. The number of alkyl carbamates (subject to hydrolysis) is 1. The Labute approximate surface area is 766 Å². The predicted molar refractivity (Wildman–Crippen MR) is 508 cm³/mol. The first kappa shape index (κ1) is 100. The van der Waals surface area contributed by atoms with Crippen LogP contribution in [0.5, 0.6) is 17.2 Å². The molecular weight excluding hydrogens is 1710 g/mol. The number of allylic oxidation sites excluding steroid dienone is 1. The van der Waals surface area contributed by atoms with Crippen molar-refractivity contribution >= 4 is 145 Å². The van der Waals surface area contributed by atoms with Gasteiger partial charge >= 0.3 is 12.1 Å². The monoisotopic (exact) mass is 1810 g/mol. The number of amides is 4. The summed E-state index contributed by atoms with van der Waals surface area (Å²) in [7, 11) is 1.61. The van der Waals surface area contributed by atoms with Crippen molar-refractivity contribution in [3.63, 3.8) is 0 Å². The Kier molecular flexibility index (Phi) is 38.2. The maximum absolute atomic E-state index is 14.4. The highest BCUT2D eigenvalue weighted by atomic mass is 19.1. The van der Waals surface area contributed by atoms with Crippen LogP contribution in [0.2, 0.25) is 0 Å². The molecule has 0 unspecified atom stereocenters. The van der Waals surface area contributed by atoms with Gasteiger partial charge in [0.15, 0.2) is 52.3 Å². The van der Waals surface area contributed by atoms with Gasteiger partial charge in [-0.25, -0.2) is 42.3 Å². The summed E-state index contributed by atoms with van der Waals surface area (Å²) in [6.07, 6.45) is 9.66. The molecule has 0 fully saturated rings. The molecule has 0 radical (unpaired) electrons. The molecule has 8 aromatic carbocycles. The lowest BCUT2D eigenvalue weighted by Crippen LogP contribution is -2.33. The fraction of sp³-hybridized carbons (Fsp3) is 0.196. The lowest BCUT2D eigenvalue weighted by atomic mass is 10.1. The number of aromatic nitrogens is 8. The van der Waals surface area contributed by atoms with E-state index in [1.807, 2.05) is 51.1 Å². The quantitative estimate of drug-likeness (QED) is 0.00560. The molecule has 12 aromatic rings. The number of esters is 1. The molecule has 32 nitrogen and oxygen atoms in total. The van der Waals surface area contributed by atoms with E-state index in [2.05, 4.69) is 130 Å². The minimum atomic E-state index is -0.645. The van der Waals surface area contributed by atoms with Crippen LogP contribution in [0.15, 0.2) is 275 Å². The number of rotatable bonds is 39. The van der Waals surface area contributed by atoms with Crippen LogP contribution in [0.25, 0.3) is 0 Å². The number of methoxy groups -OCH3 is 1. The minimum Gasteiger partial charge on any atom is -0.494 e. The van der Waals surface area contributed by atoms with Crippen molar-refractivity contribution in [2.45, 2.75) is 85.4 Å². The Morgan fingerprint density at radius 1 is 0.368 bits per heavy atom. The van der Waals surface area contributed by atoms with Gasteiger partial charge < -0.3 is 92.2 Å². The van der Waals surface area contributed by atoms with Gasteiger partial charge in [0.05, 0.1) is 44.6 Å². The maximum atomic E-state index is 14.4. The summed E-state index contributed by atoms with van der Waals surface area (Å²) in [6.45, 7) is 28.7. The molecule has 133 heavy (non-hydrogen) atoms. The predicted octanol–water partition coefficient (Wildman–Crippen LogP) is 20.8. The number of benzene rings is 8. The number of carbonyl (C=O) groups is 6. The Balaban J connectivity index is 0.000000201. The number of hydrogen-bond acceptors (Lipinski definition) is 28. The van der Waals surface area contributed by atoms with Crippen molar-refractivity contribution in [1.29, 1.82) is 0 Å². The molecule has 0 aliphatic rings. The van der Waals surface area contributed by atoms with Gasteiger partial charge in [-0.05, 0) is 243 Å². The fourth-order valence-corrected chi connectivity index (χ4v) is 11.1. The third kappa shape index (κ3) is 36.2. The molecule has 4 amide bonds. The Hall–Kier alpha value is -16.7. The van der Waals surface area contributed by atoms with Crippen molar-refractivity contribution in [3.05, 3.63) is 304 Å². The number of hydrogen-bond donors (Lipinski definition) is 12. The van der Waals surface area contributed by atoms with E-state index in [0.29, 0.717) is 137 Å². The molecule has 0 bridgehead atoms. The van der Waals surface area contributed by atoms with Crippen molar-refractivity contribution in [2.75, 3.05) is 98.6 Å². The van der Waals surface area contributed by atoms with E-state index < -0.39 is 40.6 Å². The van der Waals surface area contributed by atoms with E-state index in [0.717, 1.165) is 49.0 Å². The van der Waals surface area contributed by atoms with Gasteiger partial charge in [-0.3, -0.25) is 24.0 Å². The topological polar surface area (TPSA) is 405 Å². The number of carbonyl (C=O) groups excluding carboxylic acids is 6. The van der Waals surface area contributed by atoms with Crippen molar-refractivity contribution in [3.8, 4) is 17.2 Å². The fourth-order valence-electron chi connectivity index (χ4n) is 11.1. The molecule has 690 valence electrons.